The second-order valence-electron chi connectivity index (χ2n) is 6.32. The van der Waals surface area contributed by atoms with Gasteiger partial charge in [-0.3, -0.25) is 9.69 Å². The van der Waals surface area contributed by atoms with E-state index in [1.54, 1.807) is 0 Å². The summed E-state index contributed by atoms with van der Waals surface area (Å²) in [7, 11) is 0. The smallest absolute Gasteiger partial charge is 0.251 e. The highest BCUT2D eigenvalue weighted by molar-refractivity contribution is 5.94. The van der Waals surface area contributed by atoms with E-state index in [0.29, 0.717) is 6.54 Å². The lowest BCUT2D eigenvalue weighted by Gasteiger charge is -2.21. The van der Waals surface area contributed by atoms with Gasteiger partial charge in [-0.05, 0) is 56.5 Å². The molecule has 0 aliphatic carbocycles. The molecule has 0 spiro atoms. The van der Waals surface area contributed by atoms with E-state index in [4.69, 9.17) is 4.74 Å². The SMILES string of the molecule is CCCN(CCC)Cc1ccc(C(=O)NC[C@H]2CCCO2)cc1. The highest BCUT2D eigenvalue weighted by atomic mass is 16.5. The monoisotopic (exact) mass is 318 g/mol. The van der Waals surface area contributed by atoms with E-state index in [1.165, 1.54) is 18.4 Å². The van der Waals surface area contributed by atoms with Crippen molar-refractivity contribution in [2.45, 2.75) is 52.2 Å². The van der Waals surface area contributed by atoms with Crippen LogP contribution in [0.15, 0.2) is 24.3 Å². The summed E-state index contributed by atoms with van der Waals surface area (Å²) in [5.74, 6) is -0.00831. The van der Waals surface area contributed by atoms with E-state index < -0.39 is 0 Å². The van der Waals surface area contributed by atoms with Crippen molar-refractivity contribution in [1.29, 1.82) is 0 Å². The number of nitrogens with zero attached hydrogens (tertiary/aromatic N) is 1. The van der Waals surface area contributed by atoms with Crippen molar-refractivity contribution in [2.24, 2.45) is 0 Å². The largest absolute Gasteiger partial charge is 0.376 e. The molecule has 0 saturated carbocycles. The summed E-state index contributed by atoms with van der Waals surface area (Å²) in [6.07, 6.45) is 4.67. The highest BCUT2D eigenvalue weighted by Crippen LogP contribution is 2.12. The molecule has 0 unspecified atom stereocenters. The quantitative estimate of drug-likeness (QED) is 0.760. The highest BCUT2D eigenvalue weighted by Gasteiger charge is 2.16. The lowest BCUT2D eigenvalue weighted by Crippen LogP contribution is -2.31. The Morgan fingerprint density at radius 1 is 1.22 bits per heavy atom. The van der Waals surface area contributed by atoms with Gasteiger partial charge in [0.15, 0.2) is 0 Å². The van der Waals surface area contributed by atoms with E-state index in [1.807, 2.05) is 12.1 Å². The molecule has 1 fully saturated rings. The van der Waals surface area contributed by atoms with Crippen LogP contribution in [0.4, 0.5) is 0 Å². The van der Waals surface area contributed by atoms with Gasteiger partial charge in [0.05, 0.1) is 6.10 Å². The van der Waals surface area contributed by atoms with Crippen LogP contribution >= 0.6 is 0 Å². The van der Waals surface area contributed by atoms with E-state index >= 15 is 0 Å². The van der Waals surface area contributed by atoms with Crippen LogP contribution in [-0.2, 0) is 11.3 Å². The lowest BCUT2D eigenvalue weighted by atomic mass is 10.1. The van der Waals surface area contributed by atoms with Crippen molar-refractivity contribution < 1.29 is 9.53 Å². The molecule has 1 aromatic rings. The van der Waals surface area contributed by atoms with E-state index in [-0.39, 0.29) is 12.0 Å². The molecule has 4 heteroatoms. The maximum Gasteiger partial charge on any atom is 0.251 e. The molecule has 0 aromatic heterocycles. The summed E-state index contributed by atoms with van der Waals surface area (Å²) in [4.78, 5) is 14.6. The minimum Gasteiger partial charge on any atom is -0.376 e. The van der Waals surface area contributed by atoms with Gasteiger partial charge in [0.25, 0.3) is 5.91 Å². The molecule has 0 bridgehead atoms. The zero-order valence-corrected chi connectivity index (χ0v) is 14.5. The first-order valence-corrected chi connectivity index (χ1v) is 8.94. The summed E-state index contributed by atoms with van der Waals surface area (Å²) in [5.41, 5.74) is 1.99. The third-order valence-corrected chi connectivity index (χ3v) is 4.22. The Morgan fingerprint density at radius 2 is 1.91 bits per heavy atom. The summed E-state index contributed by atoms with van der Waals surface area (Å²) >= 11 is 0. The average molecular weight is 318 g/mol. The third-order valence-electron chi connectivity index (χ3n) is 4.22. The van der Waals surface area contributed by atoms with Crippen molar-refractivity contribution in [2.75, 3.05) is 26.2 Å². The first-order chi connectivity index (χ1) is 11.2. The van der Waals surface area contributed by atoms with Crippen molar-refractivity contribution in [1.82, 2.24) is 10.2 Å². The minimum atomic E-state index is -0.00831. The number of ether oxygens (including phenoxy) is 1. The number of amides is 1. The Hall–Kier alpha value is -1.39. The van der Waals surface area contributed by atoms with Crippen LogP contribution < -0.4 is 5.32 Å². The molecule has 23 heavy (non-hydrogen) atoms. The number of carbonyl (C=O) groups is 1. The number of hydrogen-bond donors (Lipinski definition) is 1. The molecule has 1 atom stereocenters. The number of carbonyl (C=O) groups excluding carboxylic acids is 1. The fourth-order valence-corrected chi connectivity index (χ4v) is 3.04. The zero-order valence-electron chi connectivity index (χ0n) is 14.5. The van der Waals surface area contributed by atoms with Crippen LogP contribution in [-0.4, -0.2) is 43.2 Å². The molecule has 1 heterocycles. The summed E-state index contributed by atoms with van der Waals surface area (Å²) in [6, 6.07) is 7.99. The molecule has 1 saturated heterocycles. The molecule has 1 amide bonds. The van der Waals surface area contributed by atoms with Crippen molar-refractivity contribution in [3.05, 3.63) is 35.4 Å². The fourth-order valence-electron chi connectivity index (χ4n) is 3.04. The molecule has 2 rings (SSSR count). The van der Waals surface area contributed by atoms with Crippen molar-refractivity contribution in [3.63, 3.8) is 0 Å². The standard InChI is InChI=1S/C19H30N2O2/c1-3-11-21(12-4-2)15-16-7-9-17(10-8-16)19(22)20-14-18-6-5-13-23-18/h7-10,18H,3-6,11-15H2,1-2H3,(H,20,22)/t18-/m1/s1. The van der Waals surface area contributed by atoms with Crippen LogP contribution in [0.2, 0.25) is 0 Å². The molecular formula is C19H30N2O2. The summed E-state index contributed by atoms with van der Waals surface area (Å²) in [6.45, 7) is 9.06. The number of benzene rings is 1. The Morgan fingerprint density at radius 3 is 2.48 bits per heavy atom. The van der Waals surface area contributed by atoms with E-state index in [2.05, 4.69) is 36.2 Å². The van der Waals surface area contributed by atoms with Crippen LogP contribution in [0.1, 0.15) is 55.5 Å². The van der Waals surface area contributed by atoms with E-state index in [9.17, 15) is 4.79 Å². The Bertz CT molecular complexity index is 461. The Labute approximate surface area is 140 Å². The predicted octanol–water partition coefficient (Wildman–Crippen LogP) is 3.22. The van der Waals surface area contributed by atoms with Gasteiger partial charge in [0.1, 0.15) is 0 Å². The second-order valence-corrected chi connectivity index (χ2v) is 6.32. The number of hydrogen-bond acceptors (Lipinski definition) is 3. The van der Waals surface area contributed by atoms with Gasteiger partial charge in [-0.15, -0.1) is 0 Å². The molecule has 0 radical (unpaired) electrons. The van der Waals surface area contributed by atoms with Crippen LogP contribution in [0, 0.1) is 0 Å². The van der Waals surface area contributed by atoms with Crippen molar-refractivity contribution in [3.8, 4) is 0 Å². The van der Waals surface area contributed by atoms with Crippen LogP contribution in [0.25, 0.3) is 0 Å². The predicted molar refractivity (Wildman–Crippen MR) is 93.6 cm³/mol. The van der Waals surface area contributed by atoms with Gasteiger partial charge in [-0.2, -0.15) is 0 Å². The van der Waals surface area contributed by atoms with Gasteiger partial charge >= 0.3 is 0 Å². The lowest BCUT2D eigenvalue weighted by molar-refractivity contribution is 0.0858. The van der Waals surface area contributed by atoms with Gasteiger partial charge in [-0.1, -0.05) is 26.0 Å². The summed E-state index contributed by atoms with van der Waals surface area (Å²) in [5, 5.41) is 2.97. The van der Waals surface area contributed by atoms with Crippen LogP contribution in [0.3, 0.4) is 0 Å². The minimum absolute atomic E-state index is 0.00831. The van der Waals surface area contributed by atoms with Gasteiger partial charge < -0.3 is 10.1 Å². The molecule has 4 nitrogen and oxygen atoms in total. The van der Waals surface area contributed by atoms with Crippen molar-refractivity contribution >= 4 is 5.91 Å². The Balaban J connectivity index is 1.83. The first kappa shape index (κ1) is 18.0. The molecule has 128 valence electrons. The average Bonchev–Trinajstić information content (AvgIpc) is 3.07. The summed E-state index contributed by atoms with van der Waals surface area (Å²) < 4.78 is 5.53. The molecule has 1 aliphatic rings. The van der Waals surface area contributed by atoms with E-state index in [0.717, 1.165) is 44.6 Å². The maximum atomic E-state index is 12.2. The zero-order chi connectivity index (χ0) is 16.5. The normalized spacial score (nSPS) is 17.6. The first-order valence-electron chi connectivity index (χ1n) is 8.94. The Kier molecular flexibility index (Phi) is 7.56. The van der Waals surface area contributed by atoms with Gasteiger partial charge in [-0.25, -0.2) is 0 Å². The van der Waals surface area contributed by atoms with Crippen LogP contribution in [0.5, 0.6) is 0 Å². The topological polar surface area (TPSA) is 41.6 Å². The second kappa shape index (κ2) is 9.68. The molecule has 1 aliphatic heterocycles. The molecular weight excluding hydrogens is 288 g/mol. The third kappa shape index (κ3) is 5.96. The maximum absolute atomic E-state index is 12.2. The number of rotatable bonds is 9. The fraction of sp³-hybridized carbons (Fsp3) is 0.632. The molecule has 1 aromatic carbocycles. The van der Waals surface area contributed by atoms with Gasteiger partial charge in [0.2, 0.25) is 0 Å². The number of nitrogens with one attached hydrogen (secondary N) is 1. The van der Waals surface area contributed by atoms with Gasteiger partial charge in [0, 0.05) is 25.3 Å². The molecule has 1 N–H and O–H groups in total.